The molecule has 2 aliphatic heterocycles. The van der Waals surface area contributed by atoms with Crippen molar-refractivity contribution in [2.75, 3.05) is 44.2 Å². The summed E-state index contributed by atoms with van der Waals surface area (Å²) in [6.45, 7) is 6.75. The first-order valence-electron chi connectivity index (χ1n) is 7.30. The number of rotatable bonds is 2. The smallest absolute Gasteiger partial charge is 0.140 e. The Morgan fingerprint density at radius 3 is 2.90 bits per heavy atom. The lowest BCUT2D eigenvalue weighted by molar-refractivity contribution is 0.196. The molecule has 1 atom stereocenters. The fourth-order valence-electron chi connectivity index (χ4n) is 3.28. The molecule has 0 amide bonds. The van der Waals surface area contributed by atoms with Gasteiger partial charge in [0.2, 0.25) is 0 Å². The Bertz CT molecular complexity index is 584. The van der Waals surface area contributed by atoms with E-state index in [2.05, 4.69) is 36.5 Å². The van der Waals surface area contributed by atoms with E-state index in [0.717, 1.165) is 49.4 Å². The number of aromatic nitrogens is 2. The largest absolute Gasteiger partial charge is 0.353 e. The van der Waals surface area contributed by atoms with E-state index >= 15 is 0 Å². The van der Waals surface area contributed by atoms with Gasteiger partial charge >= 0.3 is 0 Å². The van der Waals surface area contributed by atoms with Crippen molar-refractivity contribution in [1.82, 2.24) is 20.2 Å². The van der Waals surface area contributed by atoms with Crippen LogP contribution in [-0.4, -0.2) is 60.2 Å². The van der Waals surface area contributed by atoms with Crippen molar-refractivity contribution < 1.29 is 0 Å². The van der Waals surface area contributed by atoms with Crippen LogP contribution in [0.2, 0.25) is 0 Å². The van der Waals surface area contributed by atoms with E-state index < -0.39 is 0 Å². The van der Waals surface area contributed by atoms with Gasteiger partial charge in [-0.15, -0.1) is 11.3 Å². The predicted octanol–water partition coefficient (Wildman–Crippen LogP) is 1.18. The quantitative estimate of drug-likeness (QED) is 0.899. The lowest BCUT2D eigenvalue weighted by atomic mass is 10.2. The van der Waals surface area contributed by atoms with E-state index in [9.17, 15) is 0 Å². The molecular weight excluding hydrogens is 270 g/mol. The summed E-state index contributed by atoms with van der Waals surface area (Å²) in [7, 11) is 0. The first-order valence-corrected chi connectivity index (χ1v) is 8.18. The highest BCUT2D eigenvalue weighted by Crippen LogP contribution is 2.27. The molecule has 0 aliphatic carbocycles. The van der Waals surface area contributed by atoms with E-state index in [1.165, 1.54) is 18.4 Å². The zero-order chi connectivity index (χ0) is 13.4. The number of fused-ring (bicyclic) bond motifs is 1. The Morgan fingerprint density at radius 2 is 2.10 bits per heavy atom. The molecule has 4 heterocycles. The third kappa shape index (κ3) is 2.17. The van der Waals surface area contributed by atoms with Crippen LogP contribution in [0.15, 0.2) is 17.8 Å². The highest BCUT2D eigenvalue weighted by atomic mass is 32.1. The van der Waals surface area contributed by atoms with Crippen molar-refractivity contribution in [3.05, 3.63) is 17.8 Å². The number of nitrogens with zero attached hydrogens (tertiary/aromatic N) is 4. The molecule has 5 nitrogen and oxygen atoms in total. The second-order valence-electron chi connectivity index (χ2n) is 5.51. The van der Waals surface area contributed by atoms with Gasteiger partial charge in [0.25, 0.3) is 0 Å². The highest BCUT2D eigenvalue weighted by molar-refractivity contribution is 7.16. The van der Waals surface area contributed by atoms with Crippen molar-refractivity contribution >= 4 is 27.4 Å². The molecule has 2 aromatic heterocycles. The second kappa shape index (κ2) is 5.27. The molecule has 2 saturated heterocycles. The molecule has 0 spiro atoms. The average molecular weight is 289 g/mol. The van der Waals surface area contributed by atoms with Crippen LogP contribution in [0.5, 0.6) is 0 Å². The fourth-order valence-corrected chi connectivity index (χ4v) is 4.01. The summed E-state index contributed by atoms with van der Waals surface area (Å²) in [6, 6.07) is 2.88. The van der Waals surface area contributed by atoms with Gasteiger partial charge in [-0.25, -0.2) is 9.97 Å². The Kier molecular flexibility index (Phi) is 3.29. The van der Waals surface area contributed by atoms with Crippen molar-refractivity contribution in [2.45, 2.75) is 12.5 Å². The van der Waals surface area contributed by atoms with Crippen LogP contribution in [0.25, 0.3) is 10.2 Å². The van der Waals surface area contributed by atoms with E-state index in [1.807, 2.05) is 0 Å². The number of piperazine rings is 1. The predicted molar refractivity (Wildman–Crippen MR) is 82.5 cm³/mol. The number of anilines is 1. The lowest BCUT2D eigenvalue weighted by Gasteiger charge is -2.38. The third-order valence-corrected chi connectivity index (χ3v) is 5.23. The number of nitrogens with one attached hydrogen (secondary N) is 1. The summed E-state index contributed by atoms with van der Waals surface area (Å²) in [5.41, 5.74) is 0. The molecule has 0 aromatic carbocycles. The summed E-state index contributed by atoms with van der Waals surface area (Å²) in [4.78, 5) is 15.0. The maximum absolute atomic E-state index is 4.52. The van der Waals surface area contributed by atoms with Crippen LogP contribution >= 0.6 is 11.3 Å². The Hall–Kier alpha value is -1.24. The molecule has 2 aliphatic rings. The Labute approximate surface area is 122 Å². The van der Waals surface area contributed by atoms with Crippen molar-refractivity contribution in [2.24, 2.45) is 0 Å². The molecule has 1 unspecified atom stereocenters. The first kappa shape index (κ1) is 12.5. The number of thiophene rings is 1. The summed E-state index contributed by atoms with van der Waals surface area (Å²) < 4.78 is 0. The van der Waals surface area contributed by atoms with Crippen molar-refractivity contribution in [3.63, 3.8) is 0 Å². The standard InChI is InChI=1S/C14H19N5S/c1-3-15-9-11(1)18-4-6-19(7-5-18)13-12-2-8-20-14(12)17-10-16-13/h2,8,10-11,15H,1,3-7,9H2. The molecule has 0 saturated carbocycles. The van der Waals surface area contributed by atoms with Gasteiger partial charge in [0.15, 0.2) is 0 Å². The second-order valence-corrected chi connectivity index (χ2v) is 6.40. The van der Waals surface area contributed by atoms with Crippen LogP contribution < -0.4 is 10.2 Å². The van der Waals surface area contributed by atoms with E-state index in [-0.39, 0.29) is 0 Å². The Balaban J connectivity index is 1.50. The minimum atomic E-state index is 0.740. The Morgan fingerprint density at radius 1 is 1.20 bits per heavy atom. The monoisotopic (exact) mass is 289 g/mol. The zero-order valence-corrected chi connectivity index (χ0v) is 12.3. The lowest BCUT2D eigenvalue weighted by Crippen LogP contribution is -2.51. The molecule has 106 valence electrons. The van der Waals surface area contributed by atoms with Gasteiger partial charge in [0.05, 0.1) is 5.39 Å². The van der Waals surface area contributed by atoms with Gasteiger partial charge in [-0.3, -0.25) is 4.90 Å². The van der Waals surface area contributed by atoms with Gasteiger partial charge in [-0.2, -0.15) is 0 Å². The van der Waals surface area contributed by atoms with Gasteiger partial charge in [-0.1, -0.05) is 0 Å². The SMILES string of the molecule is c1nc(N2CCN(C3CCNC3)CC2)c2ccsc2n1. The molecular formula is C14H19N5S. The molecule has 0 radical (unpaired) electrons. The number of hydrogen-bond donors (Lipinski definition) is 1. The van der Waals surface area contributed by atoms with Gasteiger partial charge in [-0.05, 0) is 24.4 Å². The van der Waals surface area contributed by atoms with Gasteiger partial charge in [0.1, 0.15) is 17.0 Å². The normalized spacial score (nSPS) is 24.6. The highest BCUT2D eigenvalue weighted by Gasteiger charge is 2.27. The van der Waals surface area contributed by atoms with Crippen molar-refractivity contribution in [1.29, 1.82) is 0 Å². The van der Waals surface area contributed by atoms with Crippen LogP contribution in [0.1, 0.15) is 6.42 Å². The molecule has 2 aromatic rings. The molecule has 20 heavy (non-hydrogen) atoms. The minimum absolute atomic E-state index is 0.740. The van der Waals surface area contributed by atoms with E-state index in [4.69, 9.17) is 0 Å². The maximum atomic E-state index is 4.52. The molecule has 6 heteroatoms. The molecule has 1 N–H and O–H groups in total. The number of hydrogen-bond acceptors (Lipinski definition) is 6. The summed E-state index contributed by atoms with van der Waals surface area (Å²) in [5.74, 6) is 1.11. The van der Waals surface area contributed by atoms with Gasteiger partial charge < -0.3 is 10.2 Å². The summed E-state index contributed by atoms with van der Waals surface area (Å²) in [6.07, 6.45) is 2.99. The first-order chi connectivity index (χ1) is 9.92. The average Bonchev–Trinajstić information content (AvgIpc) is 3.18. The van der Waals surface area contributed by atoms with Crippen LogP contribution in [0.3, 0.4) is 0 Å². The van der Waals surface area contributed by atoms with Crippen LogP contribution in [0.4, 0.5) is 5.82 Å². The molecule has 0 bridgehead atoms. The topological polar surface area (TPSA) is 44.3 Å². The summed E-state index contributed by atoms with van der Waals surface area (Å²) >= 11 is 1.69. The maximum Gasteiger partial charge on any atom is 0.140 e. The zero-order valence-electron chi connectivity index (χ0n) is 11.5. The van der Waals surface area contributed by atoms with E-state index in [0.29, 0.717) is 0 Å². The fraction of sp³-hybridized carbons (Fsp3) is 0.571. The van der Waals surface area contributed by atoms with E-state index in [1.54, 1.807) is 17.7 Å². The third-order valence-electron chi connectivity index (χ3n) is 4.41. The van der Waals surface area contributed by atoms with Crippen LogP contribution in [0, 0.1) is 0 Å². The van der Waals surface area contributed by atoms with Crippen LogP contribution in [-0.2, 0) is 0 Å². The van der Waals surface area contributed by atoms with Crippen molar-refractivity contribution in [3.8, 4) is 0 Å². The molecule has 4 rings (SSSR count). The molecule has 2 fully saturated rings. The van der Waals surface area contributed by atoms with Gasteiger partial charge in [0, 0.05) is 38.8 Å². The minimum Gasteiger partial charge on any atom is -0.353 e. The summed E-state index contributed by atoms with van der Waals surface area (Å²) in [5, 5.41) is 6.76.